The van der Waals surface area contributed by atoms with Gasteiger partial charge in [-0.15, -0.1) is 0 Å². The van der Waals surface area contributed by atoms with E-state index >= 15 is 0 Å². The number of amides is 3. The van der Waals surface area contributed by atoms with Gasteiger partial charge in [-0.05, 0) is 69.6 Å². The lowest BCUT2D eigenvalue weighted by Crippen LogP contribution is -2.61. The fraction of sp³-hybridized carbons (Fsp3) is 0.526. The Morgan fingerprint density at radius 1 is 0.960 bits per heavy atom. The first-order valence-corrected chi connectivity index (χ1v) is 19.3. The van der Waals surface area contributed by atoms with Crippen molar-refractivity contribution < 1.29 is 27.9 Å². The number of piperidine rings is 1. The van der Waals surface area contributed by atoms with E-state index < -0.39 is 57.2 Å². The van der Waals surface area contributed by atoms with E-state index in [2.05, 4.69) is 25.8 Å². The maximum atomic E-state index is 14.0. The zero-order chi connectivity index (χ0) is 36.1. The molecule has 4 N–H and O–H groups in total. The summed E-state index contributed by atoms with van der Waals surface area (Å²) in [6.45, 7) is 7.87. The van der Waals surface area contributed by atoms with Gasteiger partial charge in [-0.2, -0.15) is 0 Å². The highest BCUT2D eigenvalue weighted by Crippen LogP contribution is 2.39. The van der Waals surface area contributed by atoms with Crippen molar-refractivity contribution in [2.45, 2.75) is 101 Å². The minimum Gasteiger partial charge on any atom is -0.390 e. The Hall–Kier alpha value is -3.87. The number of rotatable bonds is 12. The molecule has 0 bridgehead atoms. The number of pyridine rings is 1. The molecule has 270 valence electrons. The maximum absolute atomic E-state index is 14.0. The van der Waals surface area contributed by atoms with Crippen molar-refractivity contribution in [2.75, 3.05) is 18.8 Å². The van der Waals surface area contributed by atoms with Gasteiger partial charge in [-0.25, -0.2) is 8.42 Å². The predicted octanol–water partition coefficient (Wildman–Crippen LogP) is 3.40. The molecule has 6 atom stereocenters. The van der Waals surface area contributed by atoms with Crippen LogP contribution in [0.25, 0.3) is 10.9 Å². The molecule has 2 fully saturated rings. The van der Waals surface area contributed by atoms with Crippen molar-refractivity contribution in [1.82, 2.24) is 25.8 Å². The van der Waals surface area contributed by atoms with Crippen molar-refractivity contribution in [3.05, 3.63) is 72.4 Å². The molecule has 1 aliphatic heterocycles. The van der Waals surface area contributed by atoms with Crippen LogP contribution in [0.5, 0.6) is 0 Å². The Balaban J connectivity index is 1.39. The van der Waals surface area contributed by atoms with Gasteiger partial charge in [0.2, 0.25) is 17.7 Å². The summed E-state index contributed by atoms with van der Waals surface area (Å²) in [5, 5.41) is 21.1. The van der Waals surface area contributed by atoms with E-state index in [9.17, 15) is 27.9 Å². The summed E-state index contributed by atoms with van der Waals surface area (Å²) in [6, 6.07) is 14.9. The molecule has 3 aromatic rings. The highest BCUT2D eigenvalue weighted by Gasteiger charge is 2.42. The number of benzene rings is 2. The summed E-state index contributed by atoms with van der Waals surface area (Å²) in [5.74, 6) is -1.20. The van der Waals surface area contributed by atoms with Crippen LogP contribution in [-0.2, 0) is 30.6 Å². The highest BCUT2D eigenvalue weighted by molar-refractivity contribution is 7.91. The third-order valence-corrected chi connectivity index (χ3v) is 11.6. The number of aliphatic hydroxyl groups is 1. The number of hydrogen-bond acceptors (Lipinski definition) is 8. The summed E-state index contributed by atoms with van der Waals surface area (Å²) in [6.07, 6.45) is 5.82. The standard InChI is InChI=1S/C38H51N5O6S/c1-25(44)40-31(24-50(48,49)34-18-10-16-27-17-11-19-39-35(27)34)36(46)41-30(20-26-12-6-5-7-13-26)33(45)23-43-22-29-15-9-8-14-28(29)21-32(43)37(47)42-38(2,3)4/h5-7,10-13,16-19,28-33,45H,8-9,14-15,20-24H2,1-4H3,(H,40,44)(H,41,46)(H,42,47). The maximum Gasteiger partial charge on any atom is 0.243 e. The number of para-hydroxylation sites is 1. The number of nitrogens with one attached hydrogen (secondary N) is 3. The number of carbonyl (C=O) groups excluding carboxylic acids is 3. The molecule has 6 unspecified atom stereocenters. The molecule has 1 aliphatic carbocycles. The number of β-amino-alcohol motifs (C(OH)–C–C–N with tert-alkyl or cyclic N) is 1. The molecule has 1 saturated carbocycles. The largest absolute Gasteiger partial charge is 0.390 e. The van der Waals surface area contributed by atoms with Gasteiger partial charge in [0.05, 0.1) is 34.4 Å². The fourth-order valence-corrected chi connectivity index (χ4v) is 9.10. The van der Waals surface area contributed by atoms with E-state index in [0.29, 0.717) is 30.2 Å². The average Bonchev–Trinajstić information content (AvgIpc) is 3.06. The summed E-state index contributed by atoms with van der Waals surface area (Å²) < 4.78 is 27.5. The normalized spacial score (nSPS) is 21.7. The third-order valence-electron chi connectivity index (χ3n) is 9.83. The van der Waals surface area contributed by atoms with Crippen LogP contribution < -0.4 is 16.0 Å². The number of likely N-dealkylation sites (tertiary alicyclic amines) is 1. The van der Waals surface area contributed by atoms with E-state index in [1.165, 1.54) is 19.2 Å². The van der Waals surface area contributed by atoms with Crippen LogP contribution in [0, 0.1) is 11.8 Å². The van der Waals surface area contributed by atoms with Crippen molar-refractivity contribution in [3.63, 3.8) is 0 Å². The van der Waals surface area contributed by atoms with Gasteiger partial charge in [-0.3, -0.25) is 24.3 Å². The van der Waals surface area contributed by atoms with Crippen LogP contribution in [0.15, 0.2) is 71.8 Å². The van der Waals surface area contributed by atoms with Crippen molar-refractivity contribution in [1.29, 1.82) is 0 Å². The van der Waals surface area contributed by atoms with Gasteiger partial charge in [0.15, 0.2) is 9.84 Å². The van der Waals surface area contributed by atoms with Crippen LogP contribution in [0.1, 0.15) is 65.4 Å². The topological polar surface area (TPSA) is 158 Å². The summed E-state index contributed by atoms with van der Waals surface area (Å²) in [4.78, 5) is 46.2. The Bertz CT molecular complexity index is 1760. The molecule has 5 rings (SSSR count). The van der Waals surface area contributed by atoms with Gasteiger partial charge in [0, 0.05) is 37.1 Å². The third kappa shape index (κ3) is 9.67. The van der Waals surface area contributed by atoms with Crippen LogP contribution in [0.2, 0.25) is 0 Å². The lowest BCUT2D eigenvalue weighted by Gasteiger charge is -2.47. The lowest BCUT2D eigenvalue weighted by molar-refractivity contribution is -0.133. The summed E-state index contributed by atoms with van der Waals surface area (Å²) in [5.41, 5.74) is 0.715. The molecule has 2 heterocycles. The molecule has 3 amide bonds. The Labute approximate surface area is 295 Å². The van der Waals surface area contributed by atoms with Crippen LogP contribution in [-0.4, -0.2) is 89.7 Å². The minimum absolute atomic E-state index is 0.0367. The summed E-state index contributed by atoms with van der Waals surface area (Å²) >= 11 is 0. The number of aromatic nitrogens is 1. The number of aliphatic hydroxyl groups excluding tert-OH is 1. The van der Waals surface area contributed by atoms with Crippen LogP contribution >= 0.6 is 0 Å². The molecule has 0 radical (unpaired) electrons. The zero-order valence-corrected chi connectivity index (χ0v) is 30.3. The quantitative estimate of drug-likeness (QED) is 0.223. The molecule has 11 nitrogen and oxygen atoms in total. The number of fused-ring (bicyclic) bond motifs is 2. The highest BCUT2D eigenvalue weighted by atomic mass is 32.2. The van der Waals surface area contributed by atoms with Gasteiger partial charge < -0.3 is 21.1 Å². The zero-order valence-electron chi connectivity index (χ0n) is 29.5. The number of sulfone groups is 1. The molecule has 12 heteroatoms. The summed E-state index contributed by atoms with van der Waals surface area (Å²) in [7, 11) is -4.11. The molecular weight excluding hydrogens is 655 g/mol. The Morgan fingerprint density at radius 3 is 2.36 bits per heavy atom. The van der Waals surface area contributed by atoms with E-state index in [1.54, 1.807) is 24.3 Å². The number of nitrogens with zero attached hydrogens (tertiary/aromatic N) is 2. The first kappa shape index (κ1) is 37.4. The van der Waals surface area contributed by atoms with Gasteiger partial charge >= 0.3 is 0 Å². The Kier molecular flexibility index (Phi) is 12.0. The van der Waals surface area contributed by atoms with Gasteiger partial charge in [-0.1, -0.05) is 67.8 Å². The molecular formula is C38H51N5O6S. The van der Waals surface area contributed by atoms with Crippen molar-refractivity contribution >= 4 is 38.5 Å². The predicted molar refractivity (Wildman–Crippen MR) is 193 cm³/mol. The SMILES string of the molecule is CC(=O)NC(CS(=O)(=O)c1cccc2cccnc12)C(=O)NC(Cc1ccccc1)C(O)CN1CC2CCCCC2CC1C(=O)NC(C)(C)C. The van der Waals surface area contributed by atoms with Gasteiger partial charge in [0.1, 0.15) is 6.04 Å². The second-order valence-corrected chi connectivity index (χ2v) is 17.0. The van der Waals surface area contributed by atoms with E-state index in [4.69, 9.17) is 0 Å². The first-order chi connectivity index (χ1) is 23.7. The minimum atomic E-state index is -4.11. The second-order valence-electron chi connectivity index (χ2n) is 15.0. The van der Waals surface area contributed by atoms with Crippen LogP contribution in [0.4, 0.5) is 0 Å². The number of hydrogen-bond donors (Lipinski definition) is 4. The smallest absolute Gasteiger partial charge is 0.243 e. The molecule has 1 saturated heterocycles. The molecule has 1 aromatic heterocycles. The first-order valence-electron chi connectivity index (χ1n) is 17.6. The van der Waals surface area contributed by atoms with Gasteiger partial charge in [0.25, 0.3) is 0 Å². The second kappa shape index (κ2) is 16.0. The molecule has 2 aromatic carbocycles. The molecule has 50 heavy (non-hydrogen) atoms. The molecule has 0 spiro atoms. The fourth-order valence-electron chi connectivity index (χ4n) is 7.49. The lowest BCUT2D eigenvalue weighted by atomic mass is 9.72. The van der Waals surface area contributed by atoms with Crippen molar-refractivity contribution in [3.8, 4) is 0 Å². The Morgan fingerprint density at radius 2 is 1.66 bits per heavy atom. The van der Waals surface area contributed by atoms with Crippen LogP contribution in [0.3, 0.4) is 0 Å². The average molecular weight is 706 g/mol. The molecule has 2 aliphatic rings. The monoisotopic (exact) mass is 705 g/mol. The van der Waals surface area contributed by atoms with E-state index in [0.717, 1.165) is 31.2 Å². The number of carbonyl (C=O) groups is 3. The van der Waals surface area contributed by atoms with Crippen molar-refractivity contribution in [2.24, 2.45) is 11.8 Å². The van der Waals surface area contributed by atoms with E-state index in [1.807, 2.05) is 51.1 Å². The van der Waals surface area contributed by atoms with E-state index in [-0.39, 0.29) is 29.3 Å².